The second-order valence-electron chi connectivity index (χ2n) is 3.94. The molecular formula is C10H22N2O. The molecule has 1 heterocycles. The molecule has 1 saturated heterocycles. The van der Waals surface area contributed by atoms with E-state index in [9.17, 15) is 0 Å². The molecule has 3 nitrogen and oxygen atoms in total. The van der Waals surface area contributed by atoms with Crippen LogP contribution in [0, 0.1) is 5.92 Å². The van der Waals surface area contributed by atoms with Crippen LogP contribution in [0.1, 0.15) is 19.8 Å². The summed E-state index contributed by atoms with van der Waals surface area (Å²) in [5.41, 5.74) is 5.56. The standard InChI is InChI=1S/C10H22N2O/c1-10(9-11)3-2-4-12-5-7-13-8-6-12/h10H,2-9,11H2,1H3. The lowest BCUT2D eigenvalue weighted by molar-refractivity contribution is 0.0368. The van der Waals surface area contributed by atoms with Crippen LogP contribution in [0.2, 0.25) is 0 Å². The van der Waals surface area contributed by atoms with Crippen molar-refractivity contribution in [3.8, 4) is 0 Å². The highest BCUT2D eigenvalue weighted by molar-refractivity contribution is 4.63. The molecular weight excluding hydrogens is 164 g/mol. The summed E-state index contributed by atoms with van der Waals surface area (Å²) in [5.74, 6) is 0.682. The third kappa shape index (κ3) is 4.60. The Morgan fingerprint density at radius 2 is 2.08 bits per heavy atom. The number of hydrogen-bond donors (Lipinski definition) is 1. The molecule has 0 radical (unpaired) electrons. The minimum atomic E-state index is 0.682. The van der Waals surface area contributed by atoms with E-state index < -0.39 is 0 Å². The Morgan fingerprint density at radius 1 is 1.38 bits per heavy atom. The van der Waals surface area contributed by atoms with Gasteiger partial charge in [0.2, 0.25) is 0 Å². The quantitative estimate of drug-likeness (QED) is 0.686. The molecule has 1 unspecified atom stereocenters. The molecule has 0 spiro atoms. The molecule has 3 heteroatoms. The SMILES string of the molecule is CC(CN)CCCN1CCOCC1. The highest BCUT2D eigenvalue weighted by Crippen LogP contribution is 2.05. The Hall–Kier alpha value is -0.120. The Labute approximate surface area is 81.2 Å². The van der Waals surface area contributed by atoms with Crippen molar-refractivity contribution in [3.63, 3.8) is 0 Å². The molecule has 1 rings (SSSR count). The summed E-state index contributed by atoms with van der Waals surface area (Å²) in [6.45, 7) is 8.29. The van der Waals surface area contributed by atoms with E-state index in [1.165, 1.54) is 19.4 Å². The zero-order chi connectivity index (χ0) is 9.52. The van der Waals surface area contributed by atoms with Crippen LogP contribution in [-0.4, -0.2) is 44.3 Å². The normalized spacial score (nSPS) is 21.7. The van der Waals surface area contributed by atoms with E-state index in [-0.39, 0.29) is 0 Å². The van der Waals surface area contributed by atoms with E-state index in [2.05, 4.69) is 11.8 Å². The van der Waals surface area contributed by atoms with Gasteiger partial charge in [-0.15, -0.1) is 0 Å². The van der Waals surface area contributed by atoms with Crippen molar-refractivity contribution in [3.05, 3.63) is 0 Å². The highest BCUT2D eigenvalue weighted by Gasteiger charge is 2.09. The summed E-state index contributed by atoms with van der Waals surface area (Å²) in [5, 5.41) is 0. The Morgan fingerprint density at radius 3 is 2.69 bits per heavy atom. The minimum Gasteiger partial charge on any atom is -0.379 e. The maximum Gasteiger partial charge on any atom is 0.0594 e. The van der Waals surface area contributed by atoms with Gasteiger partial charge in [-0.25, -0.2) is 0 Å². The zero-order valence-corrected chi connectivity index (χ0v) is 8.67. The van der Waals surface area contributed by atoms with Gasteiger partial charge < -0.3 is 10.5 Å². The van der Waals surface area contributed by atoms with Gasteiger partial charge in [0, 0.05) is 13.1 Å². The number of nitrogens with two attached hydrogens (primary N) is 1. The summed E-state index contributed by atoms with van der Waals surface area (Å²) in [6, 6.07) is 0. The molecule has 0 aromatic rings. The molecule has 1 atom stereocenters. The van der Waals surface area contributed by atoms with Gasteiger partial charge in [-0.05, 0) is 31.8 Å². The molecule has 1 aliphatic heterocycles. The van der Waals surface area contributed by atoms with Crippen LogP contribution in [-0.2, 0) is 4.74 Å². The lowest BCUT2D eigenvalue weighted by Crippen LogP contribution is -2.37. The van der Waals surface area contributed by atoms with Crippen molar-refractivity contribution in [2.24, 2.45) is 11.7 Å². The molecule has 0 bridgehead atoms. The molecule has 0 aliphatic carbocycles. The van der Waals surface area contributed by atoms with Gasteiger partial charge in [-0.2, -0.15) is 0 Å². The summed E-state index contributed by atoms with van der Waals surface area (Å²) < 4.78 is 5.29. The van der Waals surface area contributed by atoms with Gasteiger partial charge in [-0.1, -0.05) is 6.92 Å². The highest BCUT2D eigenvalue weighted by atomic mass is 16.5. The lowest BCUT2D eigenvalue weighted by Gasteiger charge is -2.26. The number of ether oxygens (including phenoxy) is 1. The van der Waals surface area contributed by atoms with Gasteiger partial charge in [0.05, 0.1) is 13.2 Å². The van der Waals surface area contributed by atoms with Crippen molar-refractivity contribution in [1.29, 1.82) is 0 Å². The second-order valence-corrected chi connectivity index (χ2v) is 3.94. The average molecular weight is 186 g/mol. The molecule has 0 aromatic carbocycles. The smallest absolute Gasteiger partial charge is 0.0594 e. The van der Waals surface area contributed by atoms with Crippen molar-refractivity contribution in [2.75, 3.05) is 39.4 Å². The molecule has 0 aromatic heterocycles. The minimum absolute atomic E-state index is 0.682. The summed E-state index contributed by atoms with van der Waals surface area (Å²) in [7, 11) is 0. The van der Waals surface area contributed by atoms with Crippen LogP contribution < -0.4 is 5.73 Å². The summed E-state index contributed by atoms with van der Waals surface area (Å²) in [4.78, 5) is 2.48. The van der Waals surface area contributed by atoms with Gasteiger partial charge in [0.25, 0.3) is 0 Å². The third-order valence-corrected chi connectivity index (χ3v) is 2.68. The molecule has 0 amide bonds. The van der Waals surface area contributed by atoms with Crippen LogP contribution in [0.4, 0.5) is 0 Å². The van der Waals surface area contributed by atoms with Gasteiger partial charge in [0.1, 0.15) is 0 Å². The fraction of sp³-hybridized carbons (Fsp3) is 1.00. The van der Waals surface area contributed by atoms with Gasteiger partial charge in [-0.3, -0.25) is 4.90 Å². The number of nitrogens with zero attached hydrogens (tertiary/aromatic N) is 1. The predicted octanol–water partition coefficient (Wildman–Crippen LogP) is 0.694. The van der Waals surface area contributed by atoms with E-state index in [0.29, 0.717) is 5.92 Å². The van der Waals surface area contributed by atoms with Crippen molar-refractivity contribution in [1.82, 2.24) is 4.90 Å². The molecule has 78 valence electrons. The Balaban J connectivity index is 1.98. The van der Waals surface area contributed by atoms with Gasteiger partial charge >= 0.3 is 0 Å². The number of morpholine rings is 1. The zero-order valence-electron chi connectivity index (χ0n) is 8.67. The van der Waals surface area contributed by atoms with Crippen molar-refractivity contribution < 1.29 is 4.74 Å². The molecule has 0 saturated carbocycles. The number of rotatable bonds is 5. The van der Waals surface area contributed by atoms with E-state index in [4.69, 9.17) is 10.5 Å². The maximum absolute atomic E-state index is 5.56. The monoisotopic (exact) mass is 186 g/mol. The summed E-state index contributed by atoms with van der Waals surface area (Å²) >= 11 is 0. The van der Waals surface area contributed by atoms with Gasteiger partial charge in [0.15, 0.2) is 0 Å². The van der Waals surface area contributed by atoms with Crippen LogP contribution in [0.25, 0.3) is 0 Å². The van der Waals surface area contributed by atoms with Crippen LogP contribution >= 0.6 is 0 Å². The van der Waals surface area contributed by atoms with Crippen LogP contribution in [0.3, 0.4) is 0 Å². The van der Waals surface area contributed by atoms with Crippen molar-refractivity contribution in [2.45, 2.75) is 19.8 Å². The predicted molar refractivity (Wildman–Crippen MR) is 54.7 cm³/mol. The fourth-order valence-electron chi connectivity index (χ4n) is 1.61. The second kappa shape index (κ2) is 6.35. The first-order valence-corrected chi connectivity index (χ1v) is 5.33. The topological polar surface area (TPSA) is 38.5 Å². The van der Waals surface area contributed by atoms with Crippen LogP contribution in [0.15, 0.2) is 0 Å². The van der Waals surface area contributed by atoms with E-state index >= 15 is 0 Å². The first kappa shape index (κ1) is 11.0. The molecule has 1 fully saturated rings. The number of hydrogen-bond acceptors (Lipinski definition) is 3. The molecule has 1 aliphatic rings. The maximum atomic E-state index is 5.56. The van der Waals surface area contributed by atoms with E-state index in [1.54, 1.807) is 0 Å². The largest absolute Gasteiger partial charge is 0.379 e. The first-order valence-electron chi connectivity index (χ1n) is 5.33. The third-order valence-electron chi connectivity index (χ3n) is 2.68. The molecule has 13 heavy (non-hydrogen) atoms. The van der Waals surface area contributed by atoms with Crippen LogP contribution in [0.5, 0.6) is 0 Å². The van der Waals surface area contributed by atoms with E-state index in [0.717, 1.165) is 32.8 Å². The summed E-state index contributed by atoms with van der Waals surface area (Å²) in [6.07, 6.45) is 2.53. The fourth-order valence-corrected chi connectivity index (χ4v) is 1.61. The first-order chi connectivity index (χ1) is 6.33. The molecule has 2 N–H and O–H groups in total. The average Bonchev–Trinajstić information content (AvgIpc) is 2.19. The lowest BCUT2D eigenvalue weighted by atomic mass is 10.1. The Bertz CT molecular complexity index is 124. The van der Waals surface area contributed by atoms with Crippen molar-refractivity contribution >= 4 is 0 Å². The van der Waals surface area contributed by atoms with E-state index in [1.807, 2.05) is 0 Å². The Kier molecular flexibility index (Phi) is 5.35.